The van der Waals surface area contributed by atoms with Crippen LogP contribution in [0.1, 0.15) is 23.6 Å². The number of hydrogen-bond donors (Lipinski definition) is 1. The lowest BCUT2D eigenvalue weighted by atomic mass is 10.1. The third-order valence-corrected chi connectivity index (χ3v) is 4.66. The van der Waals surface area contributed by atoms with Crippen LogP contribution in [0.3, 0.4) is 0 Å². The maximum Gasteiger partial charge on any atom is 0.178 e. The lowest BCUT2D eigenvalue weighted by Crippen LogP contribution is -2.10. The largest absolute Gasteiger partial charge is 0.398 e. The highest BCUT2D eigenvalue weighted by Crippen LogP contribution is 2.28. The fourth-order valence-electron chi connectivity index (χ4n) is 1.80. The Morgan fingerprint density at radius 1 is 1.20 bits per heavy atom. The normalized spacial score (nSPS) is 11.7. The monoisotopic (exact) mass is 227 g/mol. The summed E-state index contributed by atoms with van der Waals surface area (Å²) in [5.74, 6) is 0.108. The van der Waals surface area contributed by atoms with Gasteiger partial charge >= 0.3 is 0 Å². The summed E-state index contributed by atoms with van der Waals surface area (Å²) in [5, 5.41) is 0. The van der Waals surface area contributed by atoms with Gasteiger partial charge in [-0.1, -0.05) is 13.0 Å². The summed E-state index contributed by atoms with van der Waals surface area (Å²) in [6, 6.07) is 1.82. The van der Waals surface area contributed by atoms with Gasteiger partial charge in [0.05, 0.1) is 10.6 Å². The van der Waals surface area contributed by atoms with E-state index in [1.165, 1.54) is 0 Å². The molecule has 2 N–H and O–H groups in total. The Kier molecular flexibility index (Phi) is 3.09. The number of sulfone groups is 1. The Balaban J connectivity index is 3.65. The van der Waals surface area contributed by atoms with Crippen LogP contribution in [-0.4, -0.2) is 14.2 Å². The van der Waals surface area contributed by atoms with Crippen molar-refractivity contribution in [3.05, 3.63) is 22.8 Å². The zero-order valence-corrected chi connectivity index (χ0v) is 10.4. The Morgan fingerprint density at radius 3 is 2.20 bits per heavy atom. The summed E-state index contributed by atoms with van der Waals surface area (Å²) in [6.07, 6.45) is 0. The predicted octanol–water partition coefficient (Wildman–Crippen LogP) is 1.99. The Morgan fingerprint density at radius 2 is 1.73 bits per heavy atom. The minimum atomic E-state index is -3.18. The molecule has 3 nitrogen and oxygen atoms in total. The zero-order chi connectivity index (χ0) is 11.8. The first-order valence-electron chi connectivity index (χ1n) is 4.90. The molecule has 0 atom stereocenters. The van der Waals surface area contributed by atoms with Crippen molar-refractivity contribution in [1.82, 2.24) is 0 Å². The van der Waals surface area contributed by atoms with Gasteiger partial charge in [-0.25, -0.2) is 8.42 Å². The molecule has 0 bridgehead atoms. The number of nitrogen functional groups attached to an aromatic ring is 1. The Bertz CT molecular complexity index is 490. The van der Waals surface area contributed by atoms with Crippen LogP contribution in [0.25, 0.3) is 0 Å². The third-order valence-electron chi connectivity index (χ3n) is 2.65. The predicted molar refractivity (Wildman–Crippen MR) is 62.8 cm³/mol. The Labute approximate surface area is 91.2 Å². The van der Waals surface area contributed by atoms with Crippen LogP contribution in [0.15, 0.2) is 11.0 Å². The van der Waals surface area contributed by atoms with Crippen LogP contribution >= 0.6 is 0 Å². The number of anilines is 1. The average Bonchev–Trinajstić information content (AvgIpc) is 2.14. The molecule has 0 radical (unpaired) electrons. The molecule has 1 rings (SSSR count). The van der Waals surface area contributed by atoms with Crippen LogP contribution in [0.5, 0.6) is 0 Å². The minimum Gasteiger partial charge on any atom is -0.398 e. The second-order valence-electron chi connectivity index (χ2n) is 3.78. The summed E-state index contributed by atoms with van der Waals surface area (Å²) in [5.41, 5.74) is 8.80. The van der Waals surface area contributed by atoms with Crippen molar-refractivity contribution in [2.24, 2.45) is 0 Å². The second kappa shape index (κ2) is 3.85. The second-order valence-corrected chi connectivity index (χ2v) is 6.00. The standard InChI is InChI=1S/C11H17NO2S/c1-5-15(13,14)11-8(3)6-7(2)10(12)9(11)4/h6H,5,12H2,1-4H3. The van der Waals surface area contributed by atoms with Gasteiger partial charge in [0.2, 0.25) is 0 Å². The van der Waals surface area contributed by atoms with Gasteiger partial charge in [0.1, 0.15) is 0 Å². The molecule has 0 heterocycles. The maximum absolute atomic E-state index is 11.9. The molecule has 0 saturated heterocycles. The number of rotatable bonds is 2. The third kappa shape index (κ3) is 2.00. The summed E-state index contributed by atoms with van der Waals surface area (Å²) < 4.78 is 23.7. The summed E-state index contributed by atoms with van der Waals surface area (Å²) >= 11 is 0. The first-order chi connectivity index (χ1) is 6.81. The van der Waals surface area contributed by atoms with Gasteiger partial charge in [-0.15, -0.1) is 0 Å². The molecule has 84 valence electrons. The van der Waals surface area contributed by atoms with Crippen LogP contribution in [-0.2, 0) is 9.84 Å². The number of aryl methyl sites for hydroxylation is 2. The molecule has 1 aromatic carbocycles. The van der Waals surface area contributed by atoms with Crippen LogP contribution in [0, 0.1) is 20.8 Å². The summed E-state index contributed by atoms with van der Waals surface area (Å²) in [6.45, 7) is 7.10. The van der Waals surface area contributed by atoms with Crippen molar-refractivity contribution < 1.29 is 8.42 Å². The van der Waals surface area contributed by atoms with E-state index in [0.717, 1.165) is 11.1 Å². The van der Waals surface area contributed by atoms with E-state index < -0.39 is 9.84 Å². The first kappa shape index (κ1) is 12.0. The summed E-state index contributed by atoms with van der Waals surface area (Å²) in [4.78, 5) is 0.396. The molecular weight excluding hydrogens is 210 g/mol. The molecule has 0 fully saturated rings. The molecular formula is C11H17NO2S. The molecule has 0 aliphatic heterocycles. The lowest BCUT2D eigenvalue weighted by molar-refractivity contribution is 0.596. The molecule has 15 heavy (non-hydrogen) atoms. The fraction of sp³-hybridized carbons (Fsp3) is 0.455. The van der Waals surface area contributed by atoms with E-state index in [-0.39, 0.29) is 5.75 Å². The van der Waals surface area contributed by atoms with Gasteiger partial charge in [0, 0.05) is 5.69 Å². The molecule has 1 aromatic rings. The van der Waals surface area contributed by atoms with Crippen molar-refractivity contribution in [2.75, 3.05) is 11.5 Å². The maximum atomic E-state index is 11.9. The zero-order valence-electron chi connectivity index (χ0n) is 9.59. The van der Waals surface area contributed by atoms with Gasteiger partial charge in [0.15, 0.2) is 9.84 Å². The highest BCUT2D eigenvalue weighted by atomic mass is 32.2. The van der Waals surface area contributed by atoms with E-state index in [4.69, 9.17) is 5.73 Å². The van der Waals surface area contributed by atoms with Crippen molar-refractivity contribution in [1.29, 1.82) is 0 Å². The smallest absolute Gasteiger partial charge is 0.178 e. The lowest BCUT2D eigenvalue weighted by Gasteiger charge is -2.14. The topological polar surface area (TPSA) is 60.2 Å². The van der Waals surface area contributed by atoms with E-state index >= 15 is 0 Å². The molecule has 0 spiro atoms. The highest BCUT2D eigenvalue weighted by molar-refractivity contribution is 7.91. The van der Waals surface area contributed by atoms with Crippen molar-refractivity contribution in [3.63, 3.8) is 0 Å². The minimum absolute atomic E-state index is 0.108. The van der Waals surface area contributed by atoms with Gasteiger partial charge < -0.3 is 5.73 Å². The fourth-order valence-corrected chi connectivity index (χ4v) is 3.22. The highest BCUT2D eigenvalue weighted by Gasteiger charge is 2.19. The van der Waals surface area contributed by atoms with Crippen LogP contribution in [0.4, 0.5) is 5.69 Å². The molecule has 0 aromatic heterocycles. The van der Waals surface area contributed by atoms with Crippen molar-refractivity contribution in [2.45, 2.75) is 32.6 Å². The molecule has 0 aliphatic rings. The van der Waals surface area contributed by atoms with E-state index in [1.807, 2.05) is 19.9 Å². The Hall–Kier alpha value is -1.03. The van der Waals surface area contributed by atoms with E-state index in [0.29, 0.717) is 16.1 Å². The van der Waals surface area contributed by atoms with Crippen LogP contribution in [0.2, 0.25) is 0 Å². The SMILES string of the molecule is CCS(=O)(=O)c1c(C)cc(C)c(N)c1C. The molecule has 0 unspecified atom stereocenters. The van der Waals surface area contributed by atoms with Crippen molar-refractivity contribution in [3.8, 4) is 0 Å². The van der Waals surface area contributed by atoms with E-state index in [9.17, 15) is 8.42 Å². The van der Waals surface area contributed by atoms with E-state index in [2.05, 4.69) is 0 Å². The van der Waals surface area contributed by atoms with Gasteiger partial charge in [-0.3, -0.25) is 0 Å². The first-order valence-corrected chi connectivity index (χ1v) is 6.55. The molecule has 0 saturated carbocycles. The number of benzene rings is 1. The molecule has 0 aliphatic carbocycles. The van der Waals surface area contributed by atoms with Gasteiger partial charge in [-0.2, -0.15) is 0 Å². The average molecular weight is 227 g/mol. The van der Waals surface area contributed by atoms with E-state index in [1.54, 1.807) is 13.8 Å². The van der Waals surface area contributed by atoms with Crippen molar-refractivity contribution >= 4 is 15.5 Å². The molecule has 0 amide bonds. The molecule has 4 heteroatoms. The number of nitrogens with two attached hydrogens (primary N) is 1. The van der Waals surface area contributed by atoms with Gasteiger partial charge in [0.25, 0.3) is 0 Å². The summed E-state index contributed by atoms with van der Waals surface area (Å²) in [7, 11) is -3.18. The van der Waals surface area contributed by atoms with Crippen LogP contribution < -0.4 is 5.73 Å². The van der Waals surface area contributed by atoms with Gasteiger partial charge in [-0.05, 0) is 37.5 Å². The number of hydrogen-bond acceptors (Lipinski definition) is 3. The quantitative estimate of drug-likeness (QED) is 0.786.